The van der Waals surface area contributed by atoms with Crippen LogP contribution < -0.4 is 19.5 Å². The predicted molar refractivity (Wildman–Crippen MR) is 81.2 cm³/mol. The molecule has 1 heterocycles. The first-order valence-electron chi connectivity index (χ1n) is 6.62. The molecule has 5 nitrogen and oxygen atoms in total. The second kappa shape index (κ2) is 6.95. The number of nitrogens with one attached hydrogen (secondary N) is 1. The molecule has 0 aliphatic heterocycles. The number of methoxy groups -OCH3 is 3. The molecular weight excluding hydrogens is 268 g/mol. The second-order valence-electron chi connectivity index (χ2n) is 4.45. The Bertz CT molecular complexity index is 602. The lowest BCUT2D eigenvalue weighted by atomic mass is 9.98. The quantitative estimate of drug-likeness (QED) is 0.884. The topological polar surface area (TPSA) is 52.6 Å². The van der Waals surface area contributed by atoms with E-state index in [1.54, 1.807) is 33.7 Å². The monoisotopic (exact) mass is 288 g/mol. The highest BCUT2D eigenvalue weighted by Gasteiger charge is 2.18. The lowest BCUT2D eigenvalue weighted by Gasteiger charge is -2.20. The predicted octanol–water partition coefficient (Wildman–Crippen LogP) is 2.42. The second-order valence-corrected chi connectivity index (χ2v) is 4.45. The van der Waals surface area contributed by atoms with Crippen molar-refractivity contribution in [3.8, 4) is 17.2 Å². The molecular formula is C16H20N2O3. The Morgan fingerprint density at radius 3 is 2.29 bits per heavy atom. The summed E-state index contributed by atoms with van der Waals surface area (Å²) in [6, 6.07) is 7.77. The molecule has 0 saturated carbocycles. The maximum Gasteiger partial charge on any atom is 0.161 e. The van der Waals surface area contributed by atoms with Gasteiger partial charge in [0, 0.05) is 11.8 Å². The zero-order chi connectivity index (χ0) is 15.2. The molecule has 0 radical (unpaired) electrons. The Morgan fingerprint density at radius 1 is 0.952 bits per heavy atom. The van der Waals surface area contributed by atoms with E-state index in [2.05, 4.69) is 10.3 Å². The van der Waals surface area contributed by atoms with Gasteiger partial charge in [-0.2, -0.15) is 0 Å². The van der Waals surface area contributed by atoms with Crippen molar-refractivity contribution < 1.29 is 14.2 Å². The van der Waals surface area contributed by atoms with Crippen LogP contribution in [0.25, 0.3) is 0 Å². The standard InChI is InChI=1S/C16H20N2O3/c1-17-16(12-7-8-18-10-15(12)21-4)11-5-6-13(19-2)14(9-11)20-3/h5-10,16-17H,1-4H3. The van der Waals surface area contributed by atoms with Gasteiger partial charge in [0.1, 0.15) is 5.75 Å². The molecule has 1 aromatic heterocycles. The Kier molecular flexibility index (Phi) is 5.00. The van der Waals surface area contributed by atoms with E-state index in [1.165, 1.54) is 0 Å². The lowest BCUT2D eigenvalue weighted by molar-refractivity contribution is 0.354. The van der Waals surface area contributed by atoms with Gasteiger partial charge in [0.15, 0.2) is 11.5 Å². The molecule has 2 rings (SSSR count). The molecule has 1 aromatic carbocycles. The maximum atomic E-state index is 5.39. The molecule has 0 aliphatic carbocycles. The number of hydrogen-bond acceptors (Lipinski definition) is 5. The third-order valence-corrected chi connectivity index (χ3v) is 3.38. The largest absolute Gasteiger partial charge is 0.495 e. The summed E-state index contributed by atoms with van der Waals surface area (Å²) in [7, 11) is 6.80. The van der Waals surface area contributed by atoms with E-state index in [9.17, 15) is 0 Å². The molecule has 5 heteroatoms. The molecule has 1 N–H and O–H groups in total. The minimum atomic E-state index is -0.0252. The molecule has 0 saturated heterocycles. The van der Waals surface area contributed by atoms with E-state index >= 15 is 0 Å². The zero-order valence-electron chi connectivity index (χ0n) is 12.7. The fourth-order valence-corrected chi connectivity index (χ4v) is 2.33. The van der Waals surface area contributed by atoms with Gasteiger partial charge in [-0.1, -0.05) is 6.07 Å². The van der Waals surface area contributed by atoms with Crippen molar-refractivity contribution >= 4 is 0 Å². The first kappa shape index (κ1) is 15.1. The third-order valence-electron chi connectivity index (χ3n) is 3.38. The lowest BCUT2D eigenvalue weighted by Crippen LogP contribution is -2.18. The molecule has 1 unspecified atom stereocenters. The van der Waals surface area contributed by atoms with Gasteiger partial charge in [-0.15, -0.1) is 0 Å². The molecule has 0 fully saturated rings. The minimum Gasteiger partial charge on any atom is -0.495 e. The van der Waals surface area contributed by atoms with Crippen LogP contribution in [0.3, 0.4) is 0 Å². The average molecular weight is 288 g/mol. The van der Waals surface area contributed by atoms with Crippen LogP contribution in [0.15, 0.2) is 36.7 Å². The van der Waals surface area contributed by atoms with Crippen LogP contribution in [0.5, 0.6) is 17.2 Å². The Balaban J connectivity index is 2.46. The Morgan fingerprint density at radius 2 is 1.67 bits per heavy atom. The Labute approximate surface area is 124 Å². The third kappa shape index (κ3) is 3.08. The van der Waals surface area contributed by atoms with Gasteiger partial charge in [-0.3, -0.25) is 4.98 Å². The van der Waals surface area contributed by atoms with E-state index < -0.39 is 0 Å². The van der Waals surface area contributed by atoms with Crippen molar-refractivity contribution in [3.05, 3.63) is 47.8 Å². The molecule has 0 amide bonds. The molecule has 0 bridgehead atoms. The SMILES string of the molecule is CNC(c1ccc(OC)c(OC)c1)c1ccncc1OC. The molecule has 1 atom stereocenters. The summed E-state index contributed by atoms with van der Waals surface area (Å²) in [6.07, 6.45) is 3.46. The smallest absolute Gasteiger partial charge is 0.161 e. The fourth-order valence-electron chi connectivity index (χ4n) is 2.33. The number of nitrogens with zero attached hydrogens (tertiary/aromatic N) is 1. The minimum absolute atomic E-state index is 0.0252. The highest BCUT2D eigenvalue weighted by atomic mass is 16.5. The summed E-state index contributed by atoms with van der Waals surface area (Å²) in [5.74, 6) is 2.15. The van der Waals surface area contributed by atoms with Crippen molar-refractivity contribution in [2.75, 3.05) is 28.4 Å². The van der Waals surface area contributed by atoms with E-state index in [4.69, 9.17) is 14.2 Å². The van der Waals surface area contributed by atoms with E-state index in [0.717, 1.165) is 16.9 Å². The summed E-state index contributed by atoms with van der Waals surface area (Å²) in [6.45, 7) is 0. The van der Waals surface area contributed by atoms with Crippen molar-refractivity contribution in [3.63, 3.8) is 0 Å². The first-order valence-corrected chi connectivity index (χ1v) is 6.62. The van der Waals surface area contributed by atoms with Crippen molar-refractivity contribution in [1.29, 1.82) is 0 Å². The van der Waals surface area contributed by atoms with E-state index in [-0.39, 0.29) is 6.04 Å². The number of ether oxygens (including phenoxy) is 3. The number of benzene rings is 1. The van der Waals surface area contributed by atoms with Crippen molar-refractivity contribution in [2.45, 2.75) is 6.04 Å². The summed E-state index contributed by atoms with van der Waals surface area (Å²) in [4.78, 5) is 4.09. The highest BCUT2D eigenvalue weighted by Crippen LogP contribution is 2.34. The average Bonchev–Trinajstić information content (AvgIpc) is 2.55. The zero-order valence-corrected chi connectivity index (χ0v) is 12.7. The van der Waals surface area contributed by atoms with Crippen LogP contribution >= 0.6 is 0 Å². The maximum absolute atomic E-state index is 5.39. The van der Waals surface area contributed by atoms with Gasteiger partial charge < -0.3 is 19.5 Å². The molecule has 112 valence electrons. The summed E-state index contributed by atoms with van der Waals surface area (Å²) in [5, 5.41) is 3.29. The number of aromatic nitrogens is 1. The van der Waals surface area contributed by atoms with Crippen LogP contribution in [0.4, 0.5) is 0 Å². The van der Waals surface area contributed by atoms with Gasteiger partial charge in [-0.25, -0.2) is 0 Å². The van der Waals surface area contributed by atoms with Crippen LogP contribution in [-0.2, 0) is 0 Å². The normalized spacial score (nSPS) is 11.8. The number of rotatable bonds is 6. The van der Waals surface area contributed by atoms with Crippen molar-refractivity contribution in [2.24, 2.45) is 0 Å². The van der Waals surface area contributed by atoms with Gasteiger partial charge >= 0.3 is 0 Å². The summed E-state index contributed by atoms with van der Waals surface area (Å²) in [5.41, 5.74) is 2.07. The number of pyridine rings is 1. The fraction of sp³-hybridized carbons (Fsp3) is 0.312. The summed E-state index contributed by atoms with van der Waals surface area (Å²) >= 11 is 0. The van der Waals surface area contributed by atoms with Gasteiger partial charge in [0.25, 0.3) is 0 Å². The Hall–Kier alpha value is -2.27. The first-order chi connectivity index (χ1) is 10.2. The summed E-state index contributed by atoms with van der Waals surface area (Å²) < 4.78 is 16.0. The van der Waals surface area contributed by atoms with Crippen molar-refractivity contribution in [1.82, 2.24) is 10.3 Å². The van der Waals surface area contributed by atoms with Crippen LogP contribution in [0.2, 0.25) is 0 Å². The van der Waals surface area contributed by atoms with Gasteiger partial charge in [0.2, 0.25) is 0 Å². The molecule has 0 spiro atoms. The van der Waals surface area contributed by atoms with Gasteiger partial charge in [-0.05, 0) is 30.8 Å². The molecule has 21 heavy (non-hydrogen) atoms. The molecule has 0 aliphatic rings. The van der Waals surface area contributed by atoms with Crippen LogP contribution in [0.1, 0.15) is 17.2 Å². The van der Waals surface area contributed by atoms with Gasteiger partial charge in [0.05, 0.1) is 33.6 Å². The molecule has 2 aromatic rings. The van der Waals surface area contributed by atoms with Crippen LogP contribution in [-0.4, -0.2) is 33.4 Å². The van der Waals surface area contributed by atoms with E-state index in [1.807, 2.05) is 31.3 Å². The van der Waals surface area contributed by atoms with Crippen LogP contribution in [0, 0.1) is 0 Å². The van der Waals surface area contributed by atoms with E-state index in [0.29, 0.717) is 11.5 Å². The number of hydrogen-bond donors (Lipinski definition) is 1. The highest BCUT2D eigenvalue weighted by molar-refractivity contribution is 5.47.